The highest BCUT2D eigenvalue weighted by molar-refractivity contribution is 7.19. The Hall–Kier alpha value is -1.60. The van der Waals surface area contributed by atoms with Crippen LogP contribution in [-0.2, 0) is 0 Å². The molecule has 116 valence electrons. The third-order valence-electron chi connectivity index (χ3n) is 3.79. The number of amides is 1. The SMILES string of the molecule is CNC(=O)c1c(N2CCN(C)CC2C)sc(C(C)=O)c1N. The van der Waals surface area contributed by atoms with Gasteiger partial charge in [0.1, 0.15) is 5.00 Å². The number of likely N-dealkylation sites (N-methyl/N-ethyl adjacent to an activating group) is 1. The zero-order valence-electron chi connectivity index (χ0n) is 12.9. The monoisotopic (exact) mass is 310 g/mol. The number of carbonyl (C=O) groups is 2. The van der Waals surface area contributed by atoms with E-state index >= 15 is 0 Å². The van der Waals surface area contributed by atoms with Gasteiger partial charge in [0.15, 0.2) is 5.78 Å². The summed E-state index contributed by atoms with van der Waals surface area (Å²) in [5.41, 5.74) is 6.79. The van der Waals surface area contributed by atoms with E-state index < -0.39 is 0 Å². The number of hydrogen-bond acceptors (Lipinski definition) is 6. The number of Topliss-reactive ketones (excluding diaryl/α,β-unsaturated/α-hetero) is 1. The minimum atomic E-state index is -0.239. The van der Waals surface area contributed by atoms with Gasteiger partial charge in [-0.1, -0.05) is 0 Å². The van der Waals surface area contributed by atoms with Crippen LogP contribution in [0.5, 0.6) is 0 Å². The first-order valence-corrected chi connectivity index (χ1v) is 7.78. The number of ketones is 1. The van der Waals surface area contributed by atoms with Crippen LogP contribution in [0, 0.1) is 0 Å². The minimum absolute atomic E-state index is 0.101. The van der Waals surface area contributed by atoms with Crippen molar-refractivity contribution in [1.29, 1.82) is 0 Å². The molecule has 2 rings (SSSR count). The Morgan fingerprint density at radius 3 is 2.57 bits per heavy atom. The van der Waals surface area contributed by atoms with E-state index in [4.69, 9.17) is 5.73 Å². The van der Waals surface area contributed by atoms with E-state index in [1.165, 1.54) is 18.3 Å². The molecular weight excluding hydrogens is 288 g/mol. The molecule has 1 aromatic heterocycles. The molecule has 0 radical (unpaired) electrons. The van der Waals surface area contributed by atoms with Gasteiger partial charge in [-0.15, -0.1) is 11.3 Å². The molecule has 0 bridgehead atoms. The summed E-state index contributed by atoms with van der Waals surface area (Å²) in [4.78, 5) is 28.8. The number of nitrogen functional groups attached to an aromatic ring is 1. The maximum absolute atomic E-state index is 12.2. The van der Waals surface area contributed by atoms with Gasteiger partial charge in [0, 0.05) is 39.6 Å². The first-order valence-electron chi connectivity index (χ1n) is 6.97. The van der Waals surface area contributed by atoms with E-state index in [1.54, 1.807) is 7.05 Å². The molecule has 1 atom stereocenters. The van der Waals surface area contributed by atoms with E-state index in [0.29, 0.717) is 16.1 Å². The van der Waals surface area contributed by atoms with Crippen LogP contribution in [0.15, 0.2) is 0 Å². The Labute approximate surface area is 128 Å². The van der Waals surface area contributed by atoms with Gasteiger partial charge in [-0.3, -0.25) is 9.59 Å². The molecule has 2 heterocycles. The molecule has 1 amide bonds. The number of rotatable bonds is 3. The predicted molar refractivity (Wildman–Crippen MR) is 86.4 cm³/mol. The average Bonchev–Trinajstić information content (AvgIpc) is 2.75. The summed E-state index contributed by atoms with van der Waals surface area (Å²) in [6.07, 6.45) is 0. The third-order valence-corrected chi connectivity index (χ3v) is 5.14. The number of nitrogens with one attached hydrogen (secondary N) is 1. The van der Waals surface area contributed by atoms with Crippen LogP contribution in [0.1, 0.15) is 33.9 Å². The summed E-state index contributed by atoms with van der Waals surface area (Å²) in [6.45, 7) is 6.25. The van der Waals surface area contributed by atoms with Crippen LogP contribution in [0.3, 0.4) is 0 Å². The second kappa shape index (κ2) is 6.03. The molecule has 3 N–H and O–H groups in total. The van der Waals surface area contributed by atoms with E-state index in [1.807, 2.05) is 0 Å². The van der Waals surface area contributed by atoms with Gasteiger partial charge in [0.25, 0.3) is 5.91 Å². The molecule has 1 saturated heterocycles. The molecule has 1 fully saturated rings. The molecule has 1 aromatic rings. The molecule has 1 unspecified atom stereocenters. The van der Waals surface area contributed by atoms with Crippen LogP contribution in [0.4, 0.5) is 10.7 Å². The lowest BCUT2D eigenvalue weighted by atomic mass is 10.1. The molecule has 21 heavy (non-hydrogen) atoms. The van der Waals surface area contributed by atoms with Crippen LogP contribution in [0.2, 0.25) is 0 Å². The van der Waals surface area contributed by atoms with E-state index in [2.05, 4.69) is 29.1 Å². The van der Waals surface area contributed by atoms with Crippen molar-refractivity contribution in [1.82, 2.24) is 10.2 Å². The van der Waals surface area contributed by atoms with E-state index in [9.17, 15) is 9.59 Å². The van der Waals surface area contributed by atoms with Crippen LogP contribution in [-0.4, -0.2) is 56.4 Å². The fourth-order valence-corrected chi connectivity index (χ4v) is 3.92. The molecule has 7 heteroatoms. The summed E-state index contributed by atoms with van der Waals surface area (Å²) in [7, 11) is 3.65. The van der Waals surface area contributed by atoms with Crippen LogP contribution >= 0.6 is 11.3 Å². The number of nitrogens with zero attached hydrogens (tertiary/aromatic N) is 2. The highest BCUT2D eigenvalue weighted by Gasteiger charge is 2.30. The fourth-order valence-electron chi connectivity index (χ4n) is 2.68. The molecule has 0 aliphatic carbocycles. The second-order valence-electron chi connectivity index (χ2n) is 5.46. The summed E-state index contributed by atoms with van der Waals surface area (Å²) in [5, 5.41) is 3.42. The summed E-state index contributed by atoms with van der Waals surface area (Å²) < 4.78 is 0. The Bertz CT molecular complexity index is 570. The Morgan fingerprint density at radius 2 is 2.05 bits per heavy atom. The molecule has 6 nitrogen and oxygen atoms in total. The van der Waals surface area contributed by atoms with Crippen molar-refractivity contribution in [3.05, 3.63) is 10.4 Å². The first kappa shape index (κ1) is 15.8. The number of hydrogen-bond donors (Lipinski definition) is 2. The topological polar surface area (TPSA) is 78.7 Å². The first-order chi connectivity index (χ1) is 9.86. The fraction of sp³-hybridized carbons (Fsp3) is 0.571. The zero-order chi connectivity index (χ0) is 15.7. The molecule has 0 aromatic carbocycles. The lowest BCUT2D eigenvalue weighted by Crippen LogP contribution is -2.50. The quantitative estimate of drug-likeness (QED) is 0.815. The van der Waals surface area contributed by atoms with Gasteiger partial charge in [-0.2, -0.15) is 0 Å². The van der Waals surface area contributed by atoms with Crippen molar-refractivity contribution >= 4 is 33.7 Å². The molecular formula is C14H22N4O2S. The smallest absolute Gasteiger partial charge is 0.256 e. The Balaban J connectivity index is 2.49. The normalized spacial score (nSPS) is 19.6. The Kier molecular flexibility index (Phi) is 4.53. The van der Waals surface area contributed by atoms with Crippen molar-refractivity contribution in [2.45, 2.75) is 19.9 Å². The molecule has 0 saturated carbocycles. The Morgan fingerprint density at radius 1 is 1.38 bits per heavy atom. The van der Waals surface area contributed by atoms with Crippen molar-refractivity contribution in [2.24, 2.45) is 0 Å². The van der Waals surface area contributed by atoms with Crippen molar-refractivity contribution in [3.63, 3.8) is 0 Å². The predicted octanol–water partition coefficient (Wildman–Crippen LogP) is 1.03. The number of carbonyl (C=O) groups excluding carboxylic acids is 2. The van der Waals surface area contributed by atoms with Crippen molar-refractivity contribution in [3.8, 4) is 0 Å². The third kappa shape index (κ3) is 2.89. The lowest BCUT2D eigenvalue weighted by molar-refractivity contribution is 0.0964. The van der Waals surface area contributed by atoms with Crippen LogP contribution in [0.25, 0.3) is 0 Å². The summed E-state index contributed by atoms with van der Waals surface area (Å²) in [6, 6.07) is 0.269. The van der Waals surface area contributed by atoms with Crippen molar-refractivity contribution < 1.29 is 9.59 Å². The van der Waals surface area contributed by atoms with Crippen LogP contribution < -0.4 is 16.0 Å². The lowest BCUT2D eigenvalue weighted by Gasteiger charge is -2.39. The number of thiophene rings is 1. The van der Waals surface area contributed by atoms with E-state index in [0.717, 1.165) is 24.6 Å². The van der Waals surface area contributed by atoms with Crippen molar-refractivity contribution in [2.75, 3.05) is 44.4 Å². The summed E-state index contributed by atoms with van der Waals surface area (Å²) in [5.74, 6) is -0.340. The number of nitrogens with two attached hydrogens (primary N) is 1. The maximum Gasteiger partial charge on any atom is 0.256 e. The van der Waals surface area contributed by atoms with Gasteiger partial charge in [0.2, 0.25) is 0 Å². The average molecular weight is 310 g/mol. The maximum atomic E-state index is 12.2. The largest absolute Gasteiger partial charge is 0.397 e. The van der Waals surface area contributed by atoms with Gasteiger partial charge < -0.3 is 20.9 Å². The number of anilines is 2. The van der Waals surface area contributed by atoms with Gasteiger partial charge >= 0.3 is 0 Å². The number of piperazine rings is 1. The van der Waals surface area contributed by atoms with Gasteiger partial charge in [0.05, 0.1) is 16.1 Å². The highest BCUT2D eigenvalue weighted by atomic mass is 32.1. The zero-order valence-corrected chi connectivity index (χ0v) is 13.7. The van der Waals surface area contributed by atoms with Gasteiger partial charge in [-0.05, 0) is 14.0 Å². The highest BCUT2D eigenvalue weighted by Crippen LogP contribution is 2.40. The summed E-state index contributed by atoms with van der Waals surface area (Å²) >= 11 is 1.32. The van der Waals surface area contributed by atoms with Gasteiger partial charge in [-0.25, -0.2) is 0 Å². The van der Waals surface area contributed by atoms with E-state index in [-0.39, 0.29) is 17.7 Å². The standard InChI is InChI=1S/C14H22N4O2S/c1-8-7-17(4)5-6-18(8)14-10(13(20)16-3)11(15)12(21-14)9(2)19/h8H,5-7,15H2,1-4H3,(H,16,20). The second-order valence-corrected chi connectivity index (χ2v) is 6.46. The minimum Gasteiger partial charge on any atom is -0.397 e. The molecule has 0 spiro atoms. The molecule has 1 aliphatic heterocycles. The molecule has 1 aliphatic rings.